The van der Waals surface area contributed by atoms with Gasteiger partial charge in [0.05, 0.1) is 5.56 Å². The summed E-state index contributed by atoms with van der Waals surface area (Å²) in [5, 5.41) is 3.80. The minimum Gasteiger partial charge on any atom is -0.489 e. The summed E-state index contributed by atoms with van der Waals surface area (Å²) in [6.07, 6.45) is -4.43. The van der Waals surface area contributed by atoms with Crippen LogP contribution >= 0.6 is 0 Å². The van der Waals surface area contributed by atoms with Crippen molar-refractivity contribution in [2.45, 2.75) is 12.8 Å². The third kappa shape index (κ3) is 4.45. The van der Waals surface area contributed by atoms with Crippen LogP contribution in [0.25, 0.3) is 22.8 Å². The van der Waals surface area contributed by atoms with Crippen LogP contribution in [-0.4, -0.2) is 10.1 Å². The number of halogens is 3. The maximum atomic E-state index is 12.9. The van der Waals surface area contributed by atoms with Gasteiger partial charge in [0.2, 0.25) is 5.82 Å². The quantitative estimate of drug-likeness (QED) is 0.415. The average Bonchev–Trinajstić information content (AvgIpc) is 3.23. The standard InChI is InChI=1S/C22H15F3N2O2/c23-22(24,25)18-8-4-7-17(13-18)20-26-21(29-27-20)16-9-11-19(12-10-16)28-14-15-5-2-1-3-6-15/h1-13H,14H2. The van der Waals surface area contributed by atoms with E-state index in [0.717, 1.165) is 17.7 Å². The predicted octanol–water partition coefficient (Wildman–Crippen LogP) is 6.00. The summed E-state index contributed by atoms with van der Waals surface area (Å²) in [5.74, 6) is 0.984. The van der Waals surface area contributed by atoms with Gasteiger partial charge in [0, 0.05) is 11.1 Å². The number of benzene rings is 3. The highest BCUT2D eigenvalue weighted by Crippen LogP contribution is 2.32. The lowest BCUT2D eigenvalue weighted by Gasteiger charge is -2.06. The predicted molar refractivity (Wildman–Crippen MR) is 101 cm³/mol. The molecular weight excluding hydrogens is 381 g/mol. The first-order valence-corrected chi connectivity index (χ1v) is 8.77. The van der Waals surface area contributed by atoms with Gasteiger partial charge in [-0.2, -0.15) is 18.2 Å². The van der Waals surface area contributed by atoms with Gasteiger partial charge in [-0.25, -0.2) is 0 Å². The Kier molecular flexibility index (Phi) is 5.03. The highest BCUT2D eigenvalue weighted by molar-refractivity contribution is 5.61. The smallest absolute Gasteiger partial charge is 0.416 e. The van der Waals surface area contributed by atoms with Crippen molar-refractivity contribution in [3.05, 3.63) is 90.0 Å². The summed E-state index contributed by atoms with van der Waals surface area (Å²) in [7, 11) is 0. The Bertz CT molecular complexity index is 1090. The summed E-state index contributed by atoms with van der Waals surface area (Å²) in [6.45, 7) is 0.445. The fraction of sp³-hybridized carbons (Fsp3) is 0.0909. The second-order valence-electron chi connectivity index (χ2n) is 6.30. The lowest BCUT2D eigenvalue weighted by Crippen LogP contribution is -2.04. The molecule has 0 bridgehead atoms. The van der Waals surface area contributed by atoms with Crippen LogP contribution in [-0.2, 0) is 12.8 Å². The number of alkyl halides is 3. The van der Waals surface area contributed by atoms with Crippen molar-refractivity contribution in [2.24, 2.45) is 0 Å². The van der Waals surface area contributed by atoms with Crippen LogP contribution in [0.1, 0.15) is 11.1 Å². The van der Waals surface area contributed by atoms with Gasteiger partial charge in [-0.05, 0) is 42.0 Å². The SMILES string of the molecule is FC(F)(F)c1cccc(-c2noc(-c3ccc(OCc4ccccc4)cc3)n2)c1. The van der Waals surface area contributed by atoms with Crippen molar-refractivity contribution in [1.82, 2.24) is 10.1 Å². The van der Waals surface area contributed by atoms with Crippen molar-refractivity contribution >= 4 is 0 Å². The summed E-state index contributed by atoms with van der Waals surface area (Å²) in [4.78, 5) is 4.21. The van der Waals surface area contributed by atoms with Gasteiger partial charge in [0.15, 0.2) is 0 Å². The van der Waals surface area contributed by atoms with Gasteiger partial charge >= 0.3 is 6.18 Å². The van der Waals surface area contributed by atoms with Gasteiger partial charge < -0.3 is 9.26 Å². The van der Waals surface area contributed by atoms with Crippen molar-refractivity contribution < 1.29 is 22.4 Å². The second kappa shape index (κ2) is 7.79. The first kappa shape index (κ1) is 18.7. The van der Waals surface area contributed by atoms with Crippen LogP contribution in [0.5, 0.6) is 5.75 Å². The normalized spacial score (nSPS) is 11.4. The highest BCUT2D eigenvalue weighted by atomic mass is 19.4. The molecule has 7 heteroatoms. The zero-order valence-corrected chi connectivity index (χ0v) is 15.1. The Morgan fingerprint density at radius 3 is 2.31 bits per heavy atom. The number of aromatic nitrogens is 2. The summed E-state index contributed by atoms with van der Waals surface area (Å²) >= 11 is 0. The molecule has 0 radical (unpaired) electrons. The highest BCUT2D eigenvalue weighted by Gasteiger charge is 2.30. The summed E-state index contributed by atoms with van der Waals surface area (Å²) < 4.78 is 49.6. The van der Waals surface area contributed by atoms with Crippen LogP contribution in [0, 0.1) is 0 Å². The first-order chi connectivity index (χ1) is 14.0. The van der Waals surface area contributed by atoms with Crippen LogP contribution in [0.3, 0.4) is 0 Å². The van der Waals surface area contributed by atoms with Crippen molar-refractivity contribution in [3.63, 3.8) is 0 Å². The summed E-state index contributed by atoms with van der Waals surface area (Å²) in [5.41, 5.74) is 1.17. The van der Waals surface area contributed by atoms with E-state index in [2.05, 4.69) is 10.1 Å². The number of nitrogens with zero attached hydrogens (tertiary/aromatic N) is 2. The van der Waals surface area contributed by atoms with Crippen LogP contribution in [0.4, 0.5) is 13.2 Å². The van der Waals surface area contributed by atoms with E-state index < -0.39 is 11.7 Å². The molecule has 4 nitrogen and oxygen atoms in total. The maximum absolute atomic E-state index is 12.9. The Labute approximate surface area is 164 Å². The van der Waals surface area contributed by atoms with Gasteiger partial charge in [0.1, 0.15) is 12.4 Å². The minimum atomic E-state index is -4.43. The van der Waals surface area contributed by atoms with Crippen molar-refractivity contribution in [2.75, 3.05) is 0 Å². The number of hydrogen-bond acceptors (Lipinski definition) is 4. The Morgan fingerprint density at radius 1 is 0.828 bits per heavy atom. The third-order valence-electron chi connectivity index (χ3n) is 4.22. The van der Waals surface area contributed by atoms with Crippen LogP contribution in [0.2, 0.25) is 0 Å². The molecule has 146 valence electrons. The molecule has 0 aliphatic heterocycles. The first-order valence-electron chi connectivity index (χ1n) is 8.77. The molecule has 0 amide bonds. The van der Waals surface area contributed by atoms with Gasteiger partial charge in [-0.1, -0.05) is 47.6 Å². The molecule has 29 heavy (non-hydrogen) atoms. The molecular formula is C22H15F3N2O2. The molecule has 0 aliphatic carbocycles. The molecule has 0 aliphatic rings. The van der Waals surface area contributed by atoms with Gasteiger partial charge in [0.25, 0.3) is 5.89 Å². The monoisotopic (exact) mass is 396 g/mol. The van der Waals surface area contributed by atoms with E-state index in [0.29, 0.717) is 17.9 Å². The van der Waals surface area contributed by atoms with E-state index in [4.69, 9.17) is 9.26 Å². The Hall–Kier alpha value is -3.61. The van der Waals surface area contributed by atoms with E-state index in [1.807, 2.05) is 30.3 Å². The van der Waals surface area contributed by atoms with E-state index in [-0.39, 0.29) is 17.3 Å². The lowest BCUT2D eigenvalue weighted by atomic mass is 10.1. The molecule has 4 rings (SSSR count). The van der Waals surface area contributed by atoms with Gasteiger partial charge in [-0.15, -0.1) is 0 Å². The molecule has 0 atom stereocenters. The molecule has 0 unspecified atom stereocenters. The average molecular weight is 396 g/mol. The molecule has 4 aromatic rings. The minimum absolute atomic E-state index is 0.0931. The Morgan fingerprint density at radius 2 is 1.59 bits per heavy atom. The molecule has 0 saturated heterocycles. The fourth-order valence-corrected chi connectivity index (χ4v) is 2.73. The maximum Gasteiger partial charge on any atom is 0.416 e. The van der Waals surface area contributed by atoms with E-state index in [1.54, 1.807) is 24.3 Å². The molecule has 1 aromatic heterocycles. The van der Waals surface area contributed by atoms with Crippen LogP contribution < -0.4 is 4.74 Å². The van der Waals surface area contributed by atoms with Crippen molar-refractivity contribution in [1.29, 1.82) is 0 Å². The number of ether oxygens (including phenoxy) is 1. The molecule has 0 saturated carbocycles. The van der Waals surface area contributed by atoms with Crippen LogP contribution in [0.15, 0.2) is 83.4 Å². The largest absolute Gasteiger partial charge is 0.489 e. The fourth-order valence-electron chi connectivity index (χ4n) is 2.73. The number of rotatable bonds is 5. The topological polar surface area (TPSA) is 48.2 Å². The zero-order valence-electron chi connectivity index (χ0n) is 15.1. The molecule has 0 fully saturated rings. The number of hydrogen-bond donors (Lipinski definition) is 0. The lowest BCUT2D eigenvalue weighted by molar-refractivity contribution is -0.137. The second-order valence-corrected chi connectivity index (χ2v) is 6.30. The van der Waals surface area contributed by atoms with E-state index in [1.165, 1.54) is 12.1 Å². The zero-order chi connectivity index (χ0) is 20.3. The molecule has 0 spiro atoms. The Balaban J connectivity index is 1.48. The third-order valence-corrected chi connectivity index (χ3v) is 4.22. The summed E-state index contributed by atoms with van der Waals surface area (Å²) in [6, 6.07) is 21.6. The van der Waals surface area contributed by atoms with Crippen molar-refractivity contribution in [3.8, 4) is 28.6 Å². The molecule has 3 aromatic carbocycles. The molecule has 0 N–H and O–H groups in total. The van der Waals surface area contributed by atoms with Gasteiger partial charge in [-0.3, -0.25) is 0 Å². The molecule has 1 heterocycles. The van der Waals surface area contributed by atoms with E-state index in [9.17, 15) is 13.2 Å². The van der Waals surface area contributed by atoms with E-state index >= 15 is 0 Å².